The number of carbonyl (C=O) groups excluding carboxylic acids is 2. The van der Waals surface area contributed by atoms with Gasteiger partial charge in [-0.15, -0.1) is 0 Å². The molecular weight excluding hydrogens is 450 g/mol. The van der Waals surface area contributed by atoms with Gasteiger partial charge in [0.25, 0.3) is 5.69 Å². The zero-order valence-electron chi connectivity index (χ0n) is 18.8. The number of benzene rings is 2. The van der Waals surface area contributed by atoms with Crippen LogP contribution in [0.1, 0.15) is 48.5 Å². The van der Waals surface area contributed by atoms with Crippen molar-refractivity contribution in [2.75, 3.05) is 5.75 Å². The van der Waals surface area contributed by atoms with Crippen LogP contribution in [0.25, 0.3) is 0 Å². The fraction of sp³-hybridized carbons (Fsp3) is 0.269. The molecule has 1 aliphatic carbocycles. The zero-order valence-corrected chi connectivity index (χ0v) is 19.6. The highest BCUT2D eigenvalue weighted by Crippen LogP contribution is 2.48. The van der Waals surface area contributed by atoms with E-state index in [2.05, 4.69) is 11.4 Å². The highest BCUT2D eigenvalue weighted by Gasteiger charge is 2.42. The van der Waals surface area contributed by atoms with Crippen molar-refractivity contribution >= 4 is 29.0 Å². The first-order valence-corrected chi connectivity index (χ1v) is 11.8. The maximum absolute atomic E-state index is 13.2. The highest BCUT2D eigenvalue weighted by molar-refractivity contribution is 8.03. The van der Waals surface area contributed by atoms with Crippen LogP contribution in [-0.4, -0.2) is 22.2 Å². The molecule has 1 atom stereocenters. The first kappa shape index (κ1) is 23.5. The summed E-state index contributed by atoms with van der Waals surface area (Å²) < 4.78 is 0. The molecule has 0 saturated carbocycles. The molecular formula is C26H23N3O4S. The monoisotopic (exact) mass is 473 g/mol. The van der Waals surface area contributed by atoms with Gasteiger partial charge in [0.15, 0.2) is 11.6 Å². The zero-order chi connectivity index (χ0) is 24.5. The number of rotatable bonds is 6. The molecule has 1 aliphatic heterocycles. The van der Waals surface area contributed by atoms with Crippen molar-refractivity contribution in [1.82, 2.24) is 5.32 Å². The van der Waals surface area contributed by atoms with Crippen molar-refractivity contribution in [3.63, 3.8) is 0 Å². The molecule has 0 aromatic heterocycles. The standard InChI is InChI=1S/C26H23N3O4S/c1-26(2)12-20-24(21(30)13-26)23(17-9-6-10-18(11-17)29(32)33)19(14-27)25(28-20)34-15-22(31)16-7-4-3-5-8-16/h3-11,23,28H,12-13,15H2,1-2H3/t23-/m0/s1. The summed E-state index contributed by atoms with van der Waals surface area (Å²) in [5.74, 6) is -0.769. The molecule has 172 valence electrons. The molecule has 0 spiro atoms. The number of carbonyl (C=O) groups is 2. The number of ketones is 2. The number of allylic oxidation sites excluding steroid dienone is 3. The summed E-state index contributed by atoms with van der Waals surface area (Å²) in [6, 6.07) is 17.2. The second-order valence-corrected chi connectivity index (χ2v) is 10.2. The summed E-state index contributed by atoms with van der Waals surface area (Å²) in [5, 5.41) is 25.3. The second kappa shape index (κ2) is 9.27. The number of dihydropyridines is 1. The van der Waals surface area contributed by atoms with E-state index < -0.39 is 10.8 Å². The number of non-ortho nitro benzene ring substituents is 1. The molecule has 4 rings (SSSR count). The summed E-state index contributed by atoms with van der Waals surface area (Å²) >= 11 is 1.22. The van der Waals surface area contributed by atoms with Crippen molar-refractivity contribution in [3.05, 3.63) is 97.7 Å². The quantitative estimate of drug-likeness (QED) is 0.345. The first-order valence-electron chi connectivity index (χ1n) is 10.8. The summed E-state index contributed by atoms with van der Waals surface area (Å²) in [6.45, 7) is 4.02. The van der Waals surface area contributed by atoms with Crippen LogP contribution in [0.4, 0.5) is 5.69 Å². The van der Waals surface area contributed by atoms with E-state index >= 15 is 0 Å². The Kier molecular flexibility index (Phi) is 6.40. The van der Waals surface area contributed by atoms with E-state index in [1.54, 1.807) is 36.4 Å². The Morgan fingerprint density at radius 2 is 1.94 bits per heavy atom. The third kappa shape index (κ3) is 4.66. The second-order valence-electron chi connectivity index (χ2n) is 9.18. The average molecular weight is 474 g/mol. The fourth-order valence-electron chi connectivity index (χ4n) is 4.49. The lowest BCUT2D eigenvalue weighted by molar-refractivity contribution is -0.384. The molecule has 0 amide bonds. The Labute approximate surface area is 201 Å². The maximum atomic E-state index is 13.2. The van der Waals surface area contributed by atoms with Crippen LogP contribution in [0.15, 0.2) is 76.5 Å². The third-order valence-corrected chi connectivity index (χ3v) is 7.00. The molecule has 8 heteroatoms. The number of nitro groups is 1. The SMILES string of the molecule is CC1(C)CC(=O)C2=C(C1)NC(SCC(=O)c1ccccc1)=C(C#N)[C@@H]2c1cccc([N+](=O)[O-])c1. The molecule has 2 aromatic carbocycles. The van der Waals surface area contributed by atoms with Crippen LogP contribution in [0.3, 0.4) is 0 Å². The van der Waals surface area contributed by atoms with Gasteiger partial charge in [0, 0.05) is 35.4 Å². The van der Waals surface area contributed by atoms with Crippen LogP contribution >= 0.6 is 11.8 Å². The predicted octanol–water partition coefficient (Wildman–Crippen LogP) is 5.28. The Bertz CT molecular complexity index is 1290. The molecule has 2 aromatic rings. The Morgan fingerprint density at radius 3 is 2.62 bits per heavy atom. The van der Waals surface area contributed by atoms with Gasteiger partial charge in [-0.3, -0.25) is 19.7 Å². The smallest absolute Gasteiger partial charge is 0.269 e. The summed E-state index contributed by atoms with van der Waals surface area (Å²) in [6.07, 6.45) is 0.918. The summed E-state index contributed by atoms with van der Waals surface area (Å²) in [7, 11) is 0. The Balaban J connectivity index is 1.77. The largest absolute Gasteiger partial charge is 0.352 e. The van der Waals surface area contributed by atoms with E-state index in [0.29, 0.717) is 40.3 Å². The van der Waals surface area contributed by atoms with Gasteiger partial charge in [0.05, 0.1) is 33.3 Å². The maximum Gasteiger partial charge on any atom is 0.269 e. The molecule has 0 radical (unpaired) electrons. The normalized spacial score (nSPS) is 19.2. The molecule has 0 bridgehead atoms. The van der Waals surface area contributed by atoms with E-state index in [9.17, 15) is 25.0 Å². The van der Waals surface area contributed by atoms with Gasteiger partial charge >= 0.3 is 0 Å². The molecule has 1 N–H and O–H groups in total. The van der Waals surface area contributed by atoms with Gasteiger partial charge in [0.2, 0.25) is 0 Å². The molecule has 2 aliphatic rings. The number of hydrogen-bond acceptors (Lipinski definition) is 7. The van der Waals surface area contributed by atoms with Crippen LogP contribution in [0, 0.1) is 26.9 Å². The lowest BCUT2D eigenvalue weighted by Gasteiger charge is -2.39. The van der Waals surface area contributed by atoms with Crippen molar-refractivity contribution in [3.8, 4) is 6.07 Å². The van der Waals surface area contributed by atoms with E-state index in [1.165, 1.54) is 23.9 Å². The lowest BCUT2D eigenvalue weighted by atomic mass is 9.69. The topological polar surface area (TPSA) is 113 Å². The van der Waals surface area contributed by atoms with Crippen LogP contribution < -0.4 is 5.32 Å². The van der Waals surface area contributed by atoms with Gasteiger partial charge in [-0.2, -0.15) is 5.26 Å². The molecule has 0 fully saturated rings. The molecule has 34 heavy (non-hydrogen) atoms. The number of nitrogens with zero attached hydrogens (tertiary/aromatic N) is 2. The number of hydrogen-bond donors (Lipinski definition) is 1. The van der Waals surface area contributed by atoms with Crippen molar-refractivity contribution < 1.29 is 14.5 Å². The summed E-state index contributed by atoms with van der Waals surface area (Å²) in [5.41, 5.74) is 2.21. The van der Waals surface area contributed by atoms with Crippen LogP contribution in [0.5, 0.6) is 0 Å². The van der Waals surface area contributed by atoms with Gasteiger partial charge in [-0.1, -0.05) is 68.1 Å². The van der Waals surface area contributed by atoms with Crippen LogP contribution in [0.2, 0.25) is 0 Å². The highest BCUT2D eigenvalue weighted by atomic mass is 32.2. The Morgan fingerprint density at radius 1 is 1.21 bits per heavy atom. The summed E-state index contributed by atoms with van der Waals surface area (Å²) in [4.78, 5) is 36.8. The number of Topliss-reactive ketones (excluding diaryl/α,β-unsaturated/α-hetero) is 2. The van der Waals surface area contributed by atoms with E-state index in [-0.39, 0.29) is 34.0 Å². The third-order valence-electron chi connectivity index (χ3n) is 5.98. The number of thioether (sulfide) groups is 1. The van der Waals surface area contributed by atoms with Gasteiger partial charge < -0.3 is 5.32 Å². The van der Waals surface area contributed by atoms with E-state index in [0.717, 1.165) is 0 Å². The number of nitrogens with one attached hydrogen (secondary N) is 1. The minimum absolute atomic E-state index is 0.0765. The number of nitro benzene ring substituents is 1. The molecule has 0 unspecified atom stereocenters. The van der Waals surface area contributed by atoms with E-state index in [4.69, 9.17) is 0 Å². The van der Waals surface area contributed by atoms with Gasteiger partial charge in [-0.05, 0) is 17.4 Å². The first-order chi connectivity index (χ1) is 16.2. The lowest BCUT2D eigenvalue weighted by Crippen LogP contribution is -2.37. The van der Waals surface area contributed by atoms with Gasteiger partial charge in [0.1, 0.15) is 0 Å². The predicted molar refractivity (Wildman–Crippen MR) is 130 cm³/mol. The average Bonchev–Trinajstić information content (AvgIpc) is 2.81. The number of nitriles is 1. The molecule has 1 heterocycles. The van der Waals surface area contributed by atoms with Crippen LogP contribution in [-0.2, 0) is 4.79 Å². The van der Waals surface area contributed by atoms with Crippen molar-refractivity contribution in [1.29, 1.82) is 5.26 Å². The minimum atomic E-state index is -0.723. The van der Waals surface area contributed by atoms with Gasteiger partial charge in [-0.25, -0.2) is 0 Å². The minimum Gasteiger partial charge on any atom is -0.352 e. The van der Waals surface area contributed by atoms with Crippen molar-refractivity contribution in [2.45, 2.75) is 32.6 Å². The van der Waals surface area contributed by atoms with Crippen molar-refractivity contribution in [2.24, 2.45) is 5.41 Å². The molecule has 7 nitrogen and oxygen atoms in total. The van der Waals surface area contributed by atoms with E-state index in [1.807, 2.05) is 19.9 Å². The Hall–Kier alpha value is -3.70. The fourth-order valence-corrected chi connectivity index (χ4v) is 5.44. The molecule has 0 saturated heterocycles.